The first-order valence-electron chi connectivity index (χ1n) is 5.99. The molecule has 2 N–H and O–H groups in total. The van der Waals surface area contributed by atoms with E-state index in [4.69, 9.17) is 0 Å². The van der Waals surface area contributed by atoms with Crippen molar-refractivity contribution in [2.75, 3.05) is 5.32 Å². The summed E-state index contributed by atoms with van der Waals surface area (Å²) in [4.78, 5) is 1.05. The van der Waals surface area contributed by atoms with Crippen molar-refractivity contribution in [3.63, 3.8) is 0 Å². The molecule has 0 bridgehead atoms. The lowest BCUT2D eigenvalue weighted by atomic mass is 10.2. The molecule has 20 heavy (non-hydrogen) atoms. The second-order valence-corrected chi connectivity index (χ2v) is 5.17. The quantitative estimate of drug-likeness (QED) is 0.762. The van der Waals surface area contributed by atoms with Crippen molar-refractivity contribution in [2.45, 2.75) is 6.54 Å². The largest absolute Gasteiger partial charge is 0.378 e. The van der Waals surface area contributed by atoms with Crippen molar-refractivity contribution < 1.29 is 8.78 Å². The molecule has 1 aromatic carbocycles. The van der Waals surface area contributed by atoms with E-state index in [1.54, 1.807) is 17.5 Å². The highest BCUT2D eigenvalue weighted by Gasteiger charge is 2.10. The third-order valence-electron chi connectivity index (χ3n) is 2.88. The van der Waals surface area contributed by atoms with E-state index in [-0.39, 0.29) is 5.69 Å². The molecule has 3 rings (SSSR count). The summed E-state index contributed by atoms with van der Waals surface area (Å²) in [5.74, 6) is -0.952. The Kier molecular flexibility index (Phi) is 3.47. The van der Waals surface area contributed by atoms with Crippen LogP contribution in [0.2, 0.25) is 0 Å². The highest BCUT2D eigenvalue weighted by molar-refractivity contribution is 7.13. The topological polar surface area (TPSA) is 40.7 Å². The molecule has 3 aromatic rings. The van der Waals surface area contributed by atoms with Gasteiger partial charge < -0.3 is 5.32 Å². The lowest BCUT2D eigenvalue weighted by Crippen LogP contribution is -2.02. The minimum atomic E-state index is -0.479. The summed E-state index contributed by atoms with van der Waals surface area (Å²) in [6.07, 6.45) is 1.68. The van der Waals surface area contributed by atoms with Crippen molar-refractivity contribution >= 4 is 17.0 Å². The molecule has 2 aromatic heterocycles. The number of hydrogen-bond donors (Lipinski definition) is 2. The maximum atomic E-state index is 13.5. The van der Waals surface area contributed by atoms with Crippen LogP contribution in [0.1, 0.15) is 5.56 Å². The van der Waals surface area contributed by atoms with Crippen LogP contribution in [0, 0.1) is 11.6 Å². The number of hydrogen-bond acceptors (Lipinski definition) is 3. The minimum Gasteiger partial charge on any atom is -0.378 e. The third-order valence-corrected chi connectivity index (χ3v) is 3.77. The Balaban J connectivity index is 1.79. The van der Waals surface area contributed by atoms with Gasteiger partial charge in [0.15, 0.2) is 0 Å². The summed E-state index contributed by atoms with van der Waals surface area (Å²) in [5.41, 5.74) is 1.93. The van der Waals surface area contributed by atoms with Gasteiger partial charge in [-0.25, -0.2) is 8.78 Å². The predicted octanol–water partition coefficient (Wildman–Crippen LogP) is 4.03. The molecule has 6 heteroatoms. The monoisotopic (exact) mass is 291 g/mol. The fourth-order valence-corrected chi connectivity index (χ4v) is 2.66. The van der Waals surface area contributed by atoms with Crippen molar-refractivity contribution in [3.05, 3.63) is 59.1 Å². The van der Waals surface area contributed by atoms with Gasteiger partial charge in [0.05, 0.1) is 22.5 Å². The van der Waals surface area contributed by atoms with Gasteiger partial charge in [0, 0.05) is 12.1 Å². The lowest BCUT2D eigenvalue weighted by Gasteiger charge is -2.07. The van der Waals surface area contributed by atoms with Crippen molar-refractivity contribution in [3.8, 4) is 10.6 Å². The third kappa shape index (κ3) is 2.55. The second kappa shape index (κ2) is 5.42. The lowest BCUT2D eigenvalue weighted by molar-refractivity contribution is 0.602. The Morgan fingerprint density at radius 3 is 2.95 bits per heavy atom. The number of anilines is 1. The molecule has 102 valence electrons. The Morgan fingerprint density at radius 1 is 1.25 bits per heavy atom. The van der Waals surface area contributed by atoms with Crippen LogP contribution < -0.4 is 5.32 Å². The zero-order valence-electron chi connectivity index (χ0n) is 10.4. The molecule has 0 saturated heterocycles. The fraction of sp³-hybridized carbons (Fsp3) is 0.0714. The summed E-state index contributed by atoms with van der Waals surface area (Å²) in [5, 5.41) is 11.8. The van der Waals surface area contributed by atoms with Crippen LogP contribution in [-0.2, 0) is 6.54 Å². The van der Waals surface area contributed by atoms with Gasteiger partial charge in [0.1, 0.15) is 11.6 Å². The molecule has 0 unspecified atom stereocenters. The Labute approximate surface area is 118 Å². The van der Waals surface area contributed by atoms with Crippen LogP contribution >= 0.6 is 11.3 Å². The van der Waals surface area contributed by atoms with E-state index in [2.05, 4.69) is 15.5 Å². The fourth-order valence-electron chi connectivity index (χ4n) is 1.90. The van der Waals surface area contributed by atoms with Gasteiger partial charge in [-0.3, -0.25) is 5.10 Å². The van der Waals surface area contributed by atoms with Crippen LogP contribution in [-0.4, -0.2) is 10.2 Å². The highest BCUT2D eigenvalue weighted by Crippen LogP contribution is 2.26. The van der Waals surface area contributed by atoms with Crippen molar-refractivity contribution in [1.29, 1.82) is 0 Å². The molecule has 3 nitrogen and oxygen atoms in total. The summed E-state index contributed by atoms with van der Waals surface area (Å²) in [6, 6.07) is 7.26. The number of benzene rings is 1. The van der Waals surface area contributed by atoms with Crippen LogP contribution in [0.25, 0.3) is 10.6 Å². The van der Waals surface area contributed by atoms with E-state index in [0.29, 0.717) is 6.54 Å². The Bertz CT molecular complexity index is 707. The number of rotatable bonds is 4. The Hall–Kier alpha value is -2.21. The van der Waals surface area contributed by atoms with Gasteiger partial charge in [0.25, 0.3) is 0 Å². The zero-order valence-corrected chi connectivity index (χ0v) is 11.2. The van der Waals surface area contributed by atoms with Gasteiger partial charge in [-0.15, -0.1) is 11.3 Å². The zero-order chi connectivity index (χ0) is 13.9. The highest BCUT2D eigenvalue weighted by atomic mass is 32.1. The van der Waals surface area contributed by atoms with E-state index in [0.717, 1.165) is 34.3 Å². The SMILES string of the molecule is Fc1ccc(F)c(NCc2cn[nH]c2-c2cccs2)c1. The number of nitrogens with one attached hydrogen (secondary N) is 2. The van der Waals surface area contributed by atoms with Crippen molar-refractivity contribution in [1.82, 2.24) is 10.2 Å². The van der Waals surface area contributed by atoms with Gasteiger partial charge in [-0.2, -0.15) is 5.10 Å². The van der Waals surface area contributed by atoms with Gasteiger partial charge in [-0.05, 0) is 29.6 Å². The molecule has 0 radical (unpaired) electrons. The summed E-state index contributed by atoms with van der Waals surface area (Å²) in [7, 11) is 0. The normalized spacial score (nSPS) is 10.7. The van der Waals surface area contributed by atoms with E-state index >= 15 is 0 Å². The maximum absolute atomic E-state index is 13.5. The molecule has 0 saturated carbocycles. The molecule has 0 spiro atoms. The average molecular weight is 291 g/mol. The summed E-state index contributed by atoms with van der Waals surface area (Å²) >= 11 is 1.59. The molecule has 0 amide bonds. The first-order valence-corrected chi connectivity index (χ1v) is 6.87. The molecule has 2 heterocycles. The van der Waals surface area contributed by atoms with E-state index in [1.165, 1.54) is 0 Å². The molecule has 0 aliphatic heterocycles. The first-order chi connectivity index (χ1) is 9.74. The number of halogens is 2. The van der Waals surface area contributed by atoms with E-state index < -0.39 is 11.6 Å². The van der Waals surface area contributed by atoms with Gasteiger partial charge in [0.2, 0.25) is 0 Å². The van der Waals surface area contributed by atoms with E-state index in [9.17, 15) is 8.78 Å². The van der Waals surface area contributed by atoms with Crippen molar-refractivity contribution in [2.24, 2.45) is 0 Å². The van der Waals surface area contributed by atoms with Crippen LogP contribution in [0.5, 0.6) is 0 Å². The summed E-state index contributed by atoms with van der Waals surface area (Å²) < 4.78 is 26.6. The minimum absolute atomic E-state index is 0.142. The standard InChI is InChI=1S/C14H11F2N3S/c15-10-3-4-11(16)12(6-10)17-7-9-8-18-19-14(9)13-2-1-5-20-13/h1-6,8,17H,7H2,(H,18,19). The molecule has 0 aliphatic carbocycles. The first kappa shape index (κ1) is 12.8. The molecule has 0 atom stereocenters. The number of nitrogens with zero attached hydrogens (tertiary/aromatic N) is 1. The van der Waals surface area contributed by atoms with Crippen LogP contribution in [0.4, 0.5) is 14.5 Å². The molecule has 0 aliphatic rings. The second-order valence-electron chi connectivity index (χ2n) is 4.23. The molecular weight excluding hydrogens is 280 g/mol. The molecule has 0 fully saturated rings. The van der Waals surface area contributed by atoms with Gasteiger partial charge in [-0.1, -0.05) is 6.07 Å². The smallest absolute Gasteiger partial charge is 0.146 e. The molecular formula is C14H11F2N3S. The maximum Gasteiger partial charge on any atom is 0.146 e. The van der Waals surface area contributed by atoms with Crippen LogP contribution in [0.15, 0.2) is 41.9 Å². The number of aromatic nitrogens is 2. The predicted molar refractivity (Wildman–Crippen MR) is 75.6 cm³/mol. The van der Waals surface area contributed by atoms with E-state index in [1.807, 2.05) is 17.5 Å². The Morgan fingerprint density at radius 2 is 2.15 bits per heavy atom. The van der Waals surface area contributed by atoms with Gasteiger partial charge >= 0.3 is 0 Å². The number of H-pyrrole nitrogens is 1. The summed E-state index contributed by atoms with van der Waals surface area (Å²) in [6.45, 7) is 0.365. The average Bonchev–Trinajstić information content (AvgIpc) is 3.09. The number of thiophene rings is 1. The number of aromatic amines is 1. The van der Waals surface area contributed by atoms with Crippen LogP contribution in [0.3, 0.4) is 0 Å².